The van der Waals surface area contributed by atoms with Gasteiger partial charge in [0.1, 0.15) is 6.07 Å². The van der Waals surface area contributed by atoms with E-state index in [2.05, 4.69) is 16.4 Å². The average molecular weight is 578 g/mol. The summed E-state index contributed by atoms with van der Waals surface area (Å²) in [7, 11) is -3.90. The Balaban J connectivity index is 1.27. The number of nitrogens with zero attached hydrogens (tertiary/aromatic N) is 5. The van der Waals surface area contributed by atoms with Gasteiger partial charge in [0.15, 0.2) is 0 Å². The first kappa shape index (κ1) is 27.0. The first-order valence-corrected chi connectivity index (χ1v) is 14.9. The Kier molecular flexibility index (Phi) is 7.06. The third-order valence-electron chi connectivity index (χ3n) is 7.42. The maximum atomic E-state index is 13.6. The van der Waals surface area contributed by atoms with Crippen molar-refractivity contribution >= 4 is 38.5 Å². The molecule has 3 N–H and O–H groups in total. The number of nitrogens with one attached hydrogen (secondary N) is 1. The lowest BCUT2D eigenvalue weighted by Gasteiger charge is -2.32. The fourth-order valence-corrected chi connectivity index (χ4v) is 6.59. The zero-order valence-electron chi connectivity index (χ0n) is 22.5. The maximum Gasteiger partial charge on any atom is 0.268 e. The molecular formula is C31H27N7O3S. The van der Waals surface area contributed by atoms with Gasteiger partial charge in [0, 0.05) is 47.5 Å². The van der Waals surface area contributed by atoms with Crippen LogP contribution in [0.25, 0.3) is 22.2 Å². The Morgan fingerprint density at radius 3 is 2.38 bits per heavy atom. The molecule has 0 atom stereocenters. The molecule has 2 aromatic heterocycles. The average Bonchev–Trinajstić information content (AvgIpc) is 3.42. The van der Waals surface area contributed by atoms with Gasteiger partial charge in [-0.05, 0) is 55.3 Å². The minimum absolute atomic E-state index is 0.0149. The van der Waals surface area contributed by atoms with Gasteiger partial charge in [0.25, 0.3) is 15.9 Å². The Bertz CT molecular complexity index is 1920. The lowest BCUT2D eigenvalue weighted by molar-refractivity contribution is 0.0718. The molecule has 1 fully saturated rings. The number of carbonyl (C=O) groups excluding carboxylic acids is 1. The predicted molar refractivity (Wildman–Crippen MR) is 160 cm³/mol. The number of likely N-dealkylation sites (tertiary alicyclic amines) is 1. The number of piperidine rings is 1. The summed E-state index contributed by atoms with van der Waals surface area (Å²) in [4.78, 5) is 23.9. The predicted octanol–water partition coefficient (Wildman–Crippen LogP) is 4.51. The summed E-state index contributed by atoms with van der Waals surface area (Å²) in [5.74, 6) is 0.294. The van der Waals surface area contributed by atoms with Gasteiger partial charge in [-0.3, -0.25) is 4.79 Å². The fraction of sp³-hybridized carbons (Fsp3) is 0.161. The molecule has 0 bridgehead atoms. The molecule has 210 valence electrons. The highest BCUT2D eigenvalue weighted by Gasteiger charge is 2.26. The highest BCUT2D eigenvalue weighted by molar-refractivity contribution is 7.90. The summed E-state index contributed by atoms with van der Waals surface area (Å²) in [5, 5.41) is 13.9. The number of nitriles is 1. The molecule has 5 aromatic rings. The van der Waals surface area contributed by atoms with Crippen LogP contribution in [0, 0.1) is 11.3 Å². The number of nitrogen functional groups attached to an aromatic ring is 1. The summed E-state index contributed by atoms with van der Waals surface area (Å²) < 4.78 is 28.4. The number of aromatic nitrogens is 3. The molecule has 6 rings (SSSR count). The number of hydrogen-bond acceptors (Lipinski definition) is 8. The van der Waals surface area contributed by atoms with Crippen molar-refractivity contribution in [2.45, 2.75) is 23.8 Å². The molecule has 1 saturated heterocycles. The second kappa shape index (κ2) is 11.0. The number of hydrogen-bond donors (Lipinski definition) is 2. The molecule has 1 amide bonds. The number of amides is 1. The van der Waals surface area contributed by atoms with Crippen LogP contribution in [0.15, 0.2) is 96.2 Å². The Morgan fingerprint density at radius 2 is 1.67 bits per heavy atom. The van der Waals surface area contributed by atoms with E-state index in [0.717, 1.165) is 0 Å². The molecule has 10 nitrogen and oxygen atoms in total. The number of rotatable bonds is 6. The highest BCUT2D eigenvalue weighted by Crippen LogP contribution is 2.34. The lowest BCUT2D eigenvalue weighted by Crippen LogP contribution is -2.42. The number of nitrogens with two attached hydrogens (primary N) is 1. The van der Waals surface area contributed by atoms with E-state index in [9.17, 15) is 18.5 Å². The standard InChI is InChI=1S/C31H27N7O3S/c32-18-22-19-34-31(35-24-14-16-37(17-15-24)30(39)21-10-12-23(33)13-11-21)36-29(22)27-20-38(28-9-5-4-8-26(27)28)42(40,41)25-6-2-1-3-7-25/h1-13,19-20,24H,14-17,33H2,(H,34,35,36). The number of benzene rings is 3. The van der Waals surface area contributed by atoms with E-state index in [-0.39, 0.29) is 22.4 Å². The molecular weight excluding hydrogens is 550 g/mol. The van der Waals surface area contributed by atoms with Gasteiger partial charge in [-0.1, -0.05) is 36.4 Å². The third kappa shape index (κ3) is 5.04. The fourth-order valence-electron chi connectivity index (χ4n) is 5.20. The number of carbonyl (C=O) groups is 1. The zero-order valence-corrected chi connectivity index (χ0v) is 23.3. The van der Waals surface area contributed by atoms with Crippen molar-refractivity contribution in [3.63, 3.8) is 0 Å². The molecule has 0 unspecified atom stereocenters. The van der Waals surface area contributed by atoms with E-state index < -0.39 is 10.0 Å². The van der Waals surface area contributed by atoms with Crippen molar-refractivity contribution in [1.29, 1.82) is 5.26 Å². The van der Waals surface area contributed by atoms with Crippen LogP contribution in [-0.4, -0.2) is 52.3 Å². The van der Waals surface area contributed by atoms with Crippen LogP contribution >= 0.6 is 0 Å². The van der Waals surface area contributed by atoms with Crippen molar-refractivity contribution in [2.24, 2.45) is 0 Å². The van der Waals surface area contributed by atoms with E-state index in [4.69, 9.17) is 10.7 Å². The van der Waals surface area contributed by atoms with E-state index >= 15 is 0 Å². The number of anilines is 2. The van der Waals surface area contributed by atoms with Crippen LogP contribution in [-0.2, 0) is 10.0 Å². The molecule has 1 aliphatic heterocycles. The third-order valence-corrected chi connectivity index (χ3v) is 9.10. The van der Waals surface area contributed by atoms with Gasteiger partial charge in [-0.2, -0.15) is 5.26 Å². The zero-order chi connectivity index (χ0) is 29.3. The molecule has 42 heavy (non-hydrogen) atoms. The van der Waals surface area contributed by atoms with Crippen LogP contribution in [0.5, 0.6) is 0 Å². The molecule has 0 spiro atoms. The summed E-state index contributed by atoms with van der Waals surface area (Å²) in [6.45, 7) is 1.13. The number of para-hydroxylation sites is 1. The minimum Gasteiger partial charge on any atom is -0.399 e. The van der Waals surface area contributed by atoms with Crippen molar-refractivity contribution in [2.75, 3.05) is 24.1 Å². The molecule has 0 radical (unpaired) electrons. The van der Waals surface area contributed by atoms with Gasteiger partial charge < -0.3 is 16.0 Å². The molecule has 0 saturated carbocycles. The van der Waals surface area contributed by atoms with Crippen molar-refractivity contribution in [3.8, 4) is 17.3 Å². The number of fused-ring (bicyclic) bond motifs is 1. The van der Waals surface area contributed by atoms with Crippen molar-refractivity contribution in [3.05, 3.63) is 102 Å². The van der Waals surface area contributed by atoms with E-state index in [1.54, 1.807) is 66.7 Å². The summed E-state index contributed by atoms with van der Waals surface area (Å²) in [5.41, 5.74) is 8.51. The maximum absolute atomic E-state index is 13.6. The summed E-state index contributed by atoms with van der Waals surface area (Å²) in [6.07, 6.45) is 4.34. The summed E-state index contributed by atoms with van der Waals surface area (Å²) in [6, 6.07) is 24.4. The normalized spacial score (nSPS) is 14.0. The molecule has 3 heterocycles. The molecule has 3 aromatic carbocycles. The second-order valence-corrected chi connectivity index (χ2v) is 11.9. The van der Waals surface area contributed by atoms with Crippen molar-refractivity contribution in [1.82, 2.24) is 18.8 Å². The van der Waals surface area contributed by atoms with Crippen LogP contribution < -0.4 is 11.1 Å². The Morgan fingerprint density at radius 1 is 0.976 bits per heavy atom. The largest absolute Gasteiger partial charge is 0.399 e. The van der Waals surface area contributed by atoms with Gasteiger partial charge in [-0.25, -0.2) is 22.4 Å². The smallest absolute Gasteiger partial charge is 0.268 e. The van der Waals surface area contributed by atoms with E-state index in [1.165, 1.54) is 16.4 Å². The molecule has 0 aliphatic carbocycles. The summed E-state index contributed by atoms with van der Waals surface area (Å²) >= 11 is 0. The Hall–Kier alpha value is -5.21. The van der Waals surface area contributed by atoms with Gasteiger partial charge in [0.05, 0.1) is 27.9 Å². The van der Waals surface area contributed by atoms with Gasteiger partial charge >= 0.3 is 0 Å². The second-order valence-electron chi connectivity index (χ2n) is 10.1. The van der Waals surface area contributed by atoms with Gasteiger partial charge in [0.2, 0.25) is 5.95 Å². The van der Waals surface area contributed by atoms with Gasteiger partial charge in [-0.15, -0.1) is 0 Å². The first-order chi connectivity index (χ1) is 20.3. The Labute approximate surface area is 243 Å². The minimum atomic E-state index is -3.90. The molecule has 11 heteroatoms. The molecule has 1 aliphatic rings. The van der Waals surface area contributed by atoms with E-state index in [1.807, 2.05) is 17.0 Å². The van der Waals surface area contributed by atoms with Crippen LogP contribution in [0.2, 0.25) is 0 Å². The monoisotopic (exact) mass is 577 g/mol. The van der Waals surface area contributed by atoms with Crippen LogP contribution in [0.4, 0.5) is 11.6 Å². The van der Waals surface area contributed by atoms with Crippen LogP contribution in [0.3, 0.4) is 0 Å². The first-order valence-electron chi connectivity index (χ1n) is 13.4. The topological polar surface area (TPSA) is 147 Å². The van der Waals surface area contributed by atoms with E-state index in [0.29, 0.717) is 65.3 Å². The van der Waals surface area contributed by atoms with Crippen molar-refractivity contribution < 1.29 is 13.2 Å². The highest BCUT2D eigenvalue weighted by atomic mass is 32.2. The van der Waals surface area contributed by atoms with Crippen LogP contribution in [0.1, 0.15) is 28.8 Å². The quantitative estimate of drug-likeness (QED) is 0.280. The SMILES string of the molecule is N#Cc1cnc(NC2CCN(C(=O)c3ccc(N)cc3)CC2)nc1-c1cn(S(=O)(=O)c2ccccc2)c2ccccc12. The lowest BCUT2D eigenvalue weighted by atomic mass is 10.0.